The highest BCUT2D eigenvalue weighted by Crippen LogP contribution is 2.32. The van der Waals surface area contributed by atoms with Crippen LogP contribution in [-0.2, 0) is 10.2 Å². The van der Waals surface area contributed by atoms with E-state index in [9.17, 15) is 8.42 Å². The average Bonchev–Trinajstić information content (AvgIpc) is 3.03. The summed E-state index contributed by atoms with van der Waals surface area (Å²) in [6, 6.07) is 7.24. The fourth-order valence-electron chi connectivity index (χ4n) is 3.04. The summed E-state index contributed by atoms with van der Waals surface area (Å²) >= 11 is 6.27. The van der Waals surface area contributed by atoms with E-state index in [-0.39, 0.29) is 18.4 Å². The molecule has 1 N–H and O–H groups in total. The topological polar surface area (TPSA) is 52.7 Å². The Balaban J connectivity index is 0.00000176. The van der Waals surface area contributed by atoms with Gasteiger partial charge in [0.1, 0.15) is 0 Å². The molecule has 124 valence electrons. The number of piperazine rings is 1. The van der Waals surface area contributed by atoms with Crippen LogP contribution in [0.15, 0.2) is 24.3 Å². The zero-order chi connectivity index (χ0) is 14.9. The van der Waals surface area contributed by atoms with Crippen LogP contribution in [-0.4, -0.2) is 49.8 Å². The zero-order valence-electron chi connectivity index (χ0n) is 12.2. The molecule has 1 aromatic rings. The predicted molar refractivity (Wildman–Crippen MR) is 90.7 cm³/mol. The van der Waals surface area contributed by atoms with Gasteiger partial charge in [0.15, 0.2) is 0 Å². The van der Waals surface area contributed by atoms with E-state index in [0.717, 1.165) is 18.4 Å². The molecule has 3 rings (SSSR count). The van der Waals surface area contributed by atoms with E-state index in [0.29, 0.717) is 37.7 Å². The molecule has 2 fully saturated rings. The second-order valence-electron chi connectivity index (χ2n) is 5.47. The maximum Gasteiger partial charge on any atom is 0.282 e. The minimum absolute atomic E-state index is 0. The van der Waals surface area contributed by atoms with Crippen LogP contribution in [0.2, 0.25) is 5.02 Å². The third kappa shape index (κ3) is 3.42. The summed E-state index contributed by atoms with van der Waals surface area (Å²) in [5.41, 5.74) is 0.870. The van der Waals surface area contributed by atoms with E-state index in [4.69, 9.17) is 11.6 Å². The lowest BCUT2D eigenvalue weighted by Gasteiger charge is -2.37. The Bertz CT molecular complexity index is 606. The number of nitrogens with zero attached hydrogens (tertiary/aromatic N) is 2. The first-order chi connectivity index (χ1) is 10.1. The Morgan fingerprint density at radius 3 is 2.50 bits per heavy atom. The largest absolute Gasteiger partial charge is 0.313 e. The SMILES string of the molecule is Cl.O=S(=O)(N1CCCC1)N1CCNCC1c1ccccc1Cl. The van der Waals surface area contributed by atoms with Crippen molar-refractivity contribution in [1.82, 2.24) is 13.9 Å². The van der Waals surface area contributed by atoms with Crippen molar-refractivity contribution in [3.63, 3.8) is 0 Å². The van der Waals surface area contributed by atoms with Crippen molar-refractivity contribution in [2.24, 2.45) is 0 Å². The summed E-state index contributed by atoms with van der Waals surface area (Å²) in [5, 5.41) is 3.89. The van der Waals surface area contributed by atoms with Crippen molar-refractivity contribution < 1.29 is 8.42 Å². The third-order valence-corrected chi connectivity index (χ3v) is 6.54. The summed E-state index contributed by atoms with van der Waals surface area (Å²) in [5.74, 6) is 0. The van der Waals surface area contributed by atoms with Crippen LogP contribution in [0.5, 0.6) is 0 Å². The average molecular weight is 366 g/mol. The monoisotopic (exact) mass is 365 g/mol. The molecule has 0 saturated carbocycles. The molecule has 2 aliphatic heterocycles. The molecule has 0 radical (unpaired) electrons. The molecular weight excluding hydrogens is 345 g/mol. The molecule has 1 unspecified atom stereocenters. The number of hydrogen-bond acceptors (Lipinski definition) is 3. The first-order valence-corrected chi connectivity index (χ1v) is 9.10. The van der Waals surface area contributed by atoms with E-state index < -0.39 is 10.2 Å². The normalized spacial score (nSPS) is 24.1. The van der Waals surface area contributed by atoms with Crippen LogP contribution >= 0.6 is 24.0 Å². The van der Waals surface area contributed by atoms with Gasteiger partial charge in [-0.25, -0.2) is 0 Å². The minimum Gasteiger partial charge on any atom is -0.313 e. The van der Waals surface area contributed by atoms with E-state index in [2.05, 4.69) is 5.32 Å². The summed E-state index contributed by atoms with van der Waals surface area (Å²) in [6.45, 7) is 3.00. The number of nitrogens with one attached hydrogen (secondary N) is 1. The first kappa shape index (κ1) is 18.0. The van der Waals surface area contributed by atoms with Crippen molar-refractivity contribution in [2.45, 2.75) is 18.9 Å². The lowest BCUT2D eigenvalue weighted by Crippen LogP contribution is -2.52. The highest BCUT2D eigenvalue weighted by molar-refractivity contribution is 7.86. The van der Waals surface area contributed by atoms with E-state index in [1.165, 1.54) is 0 Å². The fourth-order valence-corrected chi connectivity index (χ4v) is 5.15. The van der Waals surface area contributed by atoms with Gasteiger partial charge in [0.05, 0.1) is 6.04 Å². The molecule has 5 nitrogen and oxygen atoms in total. The second-order valence-corrected chi connectivity index (χ2v) is 7.75. The van der Waals surface area contributed by atoms with Crippen LogP contribution < -0.4 is 5.32 Å². The Labute approximate surface area is 143 Å². The molecule has 0 bridgehead atoms. The van der Waals surface area contributed by atoms with Gasteiger partial charge in [-0.1, -0.05) is 29.8 Å². The summed E-state index contributed by atoms with van der Waals surface area (Å²) < 4.78 is 28.9. The molecule has 8 heteroatoms. The van der Waals surface area contributed by atoms with Crippen molar-refractivity contribution >= 4 is 34.2 Å². The van der Waals surface area contributed by atoms with Crippen LogP contribution in [0.25, 0.3) is 0 Å². The van der Waals surface area contributed by atoms with Crippen molar-refractivity contribution in [3.8, 4) is 0 Å². The predicted octanol–water partition coefficient (Wildman–Crippen LogP) is 2.05. The number of halogens is 2. The van der Waals surface area contributed by atoms with Gasteiger partial charge in [-0.3, -0.25) is 0 Å². The van der Waals surface area contributed by atoms with Gasteiger partial charge >= 0.3 is 0 Å². The molecule has 1 atom stereocenters. The standard InChI is InChI=1S/C14H20ClN3O2S.ClH/c15-13-6-2-1-5-12(13)14-11-16-7-10-18(14)21(19,20)17-8-3-4-9-17;/h1-2,5-6,14,16H,3-4,7-11H2;1H. The lowest BCUT2D eigenvalue weighted by atomic mass is 10.1. The highest BCUT2D eigenvalue weighted by Gasteiger charge is 2.38. The van der Waals surface area contributed by atoms with Gasteiger partial charge in [0.25, 0.3) is 10.2 Å². The van der Waals surface area contributed by atoms with Gasteiger partial charge in [-0.2, -0.15) is 17.0 Å². The zero-order valence-corrected chi connectivity index (χ0v) is 14.6. The van der Waals surface area contributed by atoms with Crippen LogP contribution in [0.3, 0.4) is 0 Å². The van der Waals surface area contributed by atoms with E-state index >= 15 is 0 Å². The molecule has 2 aliphatic rings. The Morgan fingerprint density at radius 2 is 1.82 bits per heavy atom. The molecule has 2 heterocycles. The molecular formula is C14H21Cl2N3O2S. The van der Waals surface area contributed by atoms with Gasteiger partial charge in [0.2, 0.25) is 0 Å². The van der Waals surface area contributed by atoms with Crippen LogP contribution in [0, 0.1) is 0 Å². The number of rotatable bonds is 3. The molecule has 0 amide bonds. The number of benzene rings is 1. The molecule has 22 heavy (non-hydrogen) atoms. The summed E-state index contributed by atoms with van der Waals surface area (Å²) in [7, 11) is -3.41. The second kappa shape index (κ2) is 7.47. The molecule has 0 aromatic heterocycles. The van der Waals surface area contributed by atoms with Gasteiger partial charge < -0.3 is 5.32 Å². The van der Waals surface area contributed by atoms with E-state index in [1.54, 1.807) is 8.61 Å². The fraction of sp³-hybridized carbons (Fsp3) is 0.571. The van der Waals surface area contributed by atoms with Crippen LogP contribution in [0.4, 0.5) is 0 Å². The van der Waals surface area contributed by atoms with Gasteiger partial charge in [-0.05, 0) is 24.5 Å². The summed E-state index contributed by atoms with van der Waals surface area (Å²) in [4.78, 5) is 0. The van der Waals surface area contributed by atoms with Gasteiger partial charge in [-0.15, -0.1) is 12.4 Å². The smallest absolute Gasteiger partial charge is 0.282 e. The van der Waals surface area contributed by atoms with E-state index in [1.807, 2.05) is 24.3 Å². The maximum absolute atomic E-state index is 12.9. The third-order valence-electron chi connectivity index (χ3n) is 4.15. The van der Waals surface area contributed by atoms with Gasteiger partial charge in [0, 0.05) is 37.7 Å². The van der Waals surface area contributed by atoms with Crippen molar-refractivity contribution in [2.75, 3.05) is 32.7 Å². The minimum atomic E-state index is -3.41. The van der Waals surface area contributed by atoms with Crippen molar-refractivity contribution in [1.29, 1.82) is 0 Å². The highest BCUT2D eigenvalue weighted by atomic mass is 35.5. The Hall–Kier alpha value is -0.370. The maximum atomic E-state index is 12.9. The lowest BCUT2D eigenvalue weighted by molar-refractivity contribution is 0.252. The Morgan fingerprint density at radius 1 is 1.14 bits per heavy atom. The molecule has 2 saturated heterocycles. The van der Waals surface area contributed by atoms with Crippen LogP contribution in [0.1, 0.15) is 24.4 Å². The quantitative estimate of drug-likeness (QED) is 0.891. The van der Waals surface area contributed by atoms with Crippen molar-refractivity contribution in [3.05, 3.63) is 34.9 Å². The summed E-state index contributed by atoms with van der Waals surface area (Å²) in [6.07, 6.45) is 1.89. The molecule has 0 spiro atoms. The molecule has 1 aromatic carbocycles. The molecule has 0 aliphatic carbocycles. The first-order valence-electron chi connectivity index (χ1n) is 7.33. The number of hydrogen-bond donors (Lipinski definition) is 1. The Kier molecular flexibility index (Phi) is 6.10.